The molecule has 0 radical (unpaired) electrons. The van der Waals surface area contributed by atoms with Crippen molar-refractivity contribution in [1.29, 1.82) is 0 Å². The van der Waals surface area contributed by atoms with E-state index in [1.165, 1.54) is 10.5 Å². The fraction of sp³-hybridized carbons (Fsp3) is 0.355. The number of allylic oxidation sites excluding steroid dienone is 1. The monoisotopic (exact) mass is 489 g/mol. The van der Waals surface area contributed by atoms with Crippen LogP contribution in [0.25, 0.3) is 0 Å². The summed E-state index contributed by atoms with van der Waals surface area (Å²) in [7, 11) is 4.19. The van der Waals surface area contributed by atoms with E-state index in [2.05, 4.69) is 75.3 Å². The van der Waals surface area contributed by atoms with Crippen LogP contribution in [0.2, 0.25) is 0 Å². The topological polar surface area (TPSA) is 32.7 Å². The summed E-state index contributed by atoms with van der Waals surface area (Å²) in [6, 6.07) is 28.8. The summed E-state index contributed by atoms with van der Waals surface area (Å²) in [6.07, 6.45) is 2.79. The largest absolute Gasteiger partial charge is 0.380 e. The van der Waals surface area contributed by atoms with E-state index in [-0.39, 0.29) is 5.92 Å². The number of aliphatic hydroxyl groups is 1. The van der Waals surface area contributed by atoms with Gasteiger partial charge >= 0.3 is 0 Å². The molecule has 2 atom stereocenters. The number of ether oxygens (including phenoxy) is 1. The van der Waals surface area contributed by atoms with Crippen LogP contribution in [0.3, 0.4) is 0 Å². The lowest BCUT2D eigenvalue weighted by Crippen LogP contribution is -2.35. The molecule has 3 aromatic rings. The average molecular weight is 490 g/mol. The molecule has 0 saturated carbocycles. The van der Waals surface area contributed by atoms with Gasteiger partial charge in [-0.15, -0.1) is 11.8 Å². The lowest BCUT2D eigenvalue weighted by atomic mass is 9.71. The highest BCUT2D eigenvalue weighted by Crippen LogP contribution is 2.44. The second-order valence-corrected chi connectivity index (χ2v) is 10.6. The Hall–Kier alpha value is -2.37. The highest BCUT2D eigenvalue weighted by Gasteiger charge is 2.40. The quantitative estimate of drug-likeness (QED) is 0.164. The van der Waals surface area contributed by atoms with Gasteiger partial charge in [0, 0.05) is 29.7 Å². The van der Waals surface area contributed by atoms with Gasteiger partial charge in [0.15, 0.2) is 0 Å². The van der Waals surface area contributed by atoms with Crippen LogP contribution in [-0.4, -0.2) is 49.6 Å². The van der Waals surface area contributed by atoms with E-state index in [4.69, 9.17) is 4.74 Å². The number of hydrogen-bond acceptors (Lipinski definition) is 4. The zero-order valence-electron chi connectivity index (χ0n) is 21.5. The molecule has 1 N–H and O–H groups in total. The highest BCUT2D eigenvalue weighted by molar-refractivity contribution is 7.99. The molecule has 0 aliphatic carbocycles. The Morgan fingerprint density at radius 2 is 1.51 bits per heavy atom. The summed E-state index contributed by atoms with van der Waals surface area (Å²) >= 11 is 1.84. The standard InChI is InChI=1S/C31H39NO2S/c1-25(2)19-22-34-23-20-30(26-11-7-5-8-12-26)31(33,27-13-9-6-10-14-27)28-15-17-29(18-16-28)35-24-21-32(3)4/h5-19,30,33H,20-24H2,1-4H3. The zero-order chi connectivity index (χ0) is 25.1. The third-order valence-corrected chi connectivity index (χ3v) is 7.17. The van der Waals surface area contributed by atoms with Gasteiger partial charge in [-0.05, 0) is 63.2 Å². The van der Waals surface area contributed by atoms with Crippen molar-refractivity contribution in [2.45, 2.75) is 36.7 Å². The van der Waals surface area contributed by atoms with Crippen molar-refractivity contribution in [3.63, 3.8) is 0 Å². The smallest absolute Gasteiger partial charge is 0.121 e. The molecule has 0 amide bonds. The maximum Gasteiger partial charge on any atom is 0.121 e. The Bertz CT molecular complexity index is 1030. The van der Waals surface area contributed by atoms with Crippen molar-refractivity contribution in [2.24, 2.45) is 0 Å². The molecule has 0 aliphatic rings. The predicted molar refractivity (Wildman–Crippen MR) is 149 cm³/mol. The number of thioether (sulfide) groups is 1. The second-order valence-electron chi connectivity index (χ2n) is 9.42. The first-order valence-electron chi connectivity index (χ1n) is 12.3. The SMILES string of the molecule is CC(C)=CCOCCC(c1ccccc1)C(O)(c1ccccc1)c1ccc(SCCN(C)C)cc1. The summed E-state index contributed by atoms with van der Waals surface area (Å²) < 4.78 is 5.95. The average Bonchev–Trinajstić information content (AvgIpc) is 2.87. The molecule has 2 unspecified atom stereocenters. The van der Waals surface area contributed by atoms with Crippen LogP contribution in [0.15, 0.2) is 101 Å². The van der Waals surface area contributed by atoms with Gasteiger partial charge in [0.1, 0.15) is 5.60 Å². The van der Waals surface area contributed by atoms with Gasteiger partial charge in [-0.3, -0.25) is 0 Å². The minimum atomic E-state index is -1.19. The molecule has 0 aliphatic heterocycles. The van der Waals surface area contributed by atoms with E-state index >= 15 is 0 Å². The molecule has 4 heteroatoms. The van der Waals surface area contributed by atoms with E-state index in [9.17, 15) is 5.11 Å². The van der Waals surface area contributed by atoms with Crippen LogP contribution < -0.4 is 0 Å². The molecule has 186 valence electrons. The van der Waals surface area contributed by atoms with Gasteiger partial charge in [-0.25, -0.2) is 0 Å². The van der Waals surface area contributed by atoms with Crippen molar-refractivity contribution in [2.75, 3.05) is 39.6 Å². The summed E-state index contributed by atoms with van der Waals surface area (Å²) in [5, 5.41) is 12.6. The first kappa shape index (κ1) is 27.2. The number of benzene rings is 3. The molecule has 3 nitrogen and oxygen atoms in total. The van der Waals surface area contributed by atoms with Gasteiger partial charge < -0.3 is 14.7 Å². The normalized spacial score (nSPS) is 13.9. The summed E-state index contributed by atoms with van der Waals surface area (Å²) in [6.45, 7) is 6.34. The number of nitrogens with zero attached hydrogens (tertiary/aromatic N) is 1. The van der Waals surface area contributed by atoms with Gasteiger partial charge in [0.05, 0.1) is 6.61 Å². The molecule has 0 spiro atoms. The summed E-state index contributed by atoms with van der Waals surface area (Å²) in [5.41, 5.74) is 2.96. The third-order valence-electron chi connectivity index (χ3n) is 6.18. The molecule has 0 heterocycles. The van der Waals surface area contributed by atoms with E-state index in [0.29, 0.717) is 19.6 Å². The van der Waals surface area contributed by atoms with E-state index in [1.54, 1.807) is 0 Å². The van der Waals surface area contributed by atoms with Crippen molar-refractivity contribution in [3.8, 4) is 0 Å². The molecule has 0 saturated heterocycles. The second kappa shape index (κ2) is 13.6. The molecule has 0 aromatic heterocycles. The van der Waals surface area contributed by atoms with E-state index in [0.717, 1.165) is 29.0 Å². The van der Waals surface area contributed by atoms with Gasteiger partial charge in [0.2, 0.25) is 0 Å². The van der Waals surface area contributed by atoms with Crippen LogP contribution in [0.5, 0.6) is 0 Å². The van der Waals surface area contributed by atoms with Crippen LogP contribution in [-0.2, 0) is 10.3 Å². The molecular formula is C31H39NO2S. The lowest BCUT2D eigenvalue weighted by molar-refractivity contribution is 0.0326. The predicted octanol–water partition coefficient (Wildman–Crippen LogP) is 6.73. The van der Waals surface area contributed by atoms with E-state index < -0.39 is 5.60 Å². The molecular weight excluding hydrogens is 450 g/mol. The fourth-order valence-electron chi connectivity index (χ4n) is 4.22. The molecule has 3 rings (SSSR count). The Balaban J connectivity index is 1.95. The number of hydrogen-bond donors (Lipinski definition) is 1. The first-order chi connectivity index (χ1) is 16.9. The highest BCUT2D eigenvalue weighted by atomic mass is 32.2. The maximum atomic E-state index is 12.6. The molecule has 0 bridgehead atoms. The lowest BCUT2D eigenvalue weighted by Gasteiger charge is -2.38. The minimum absolute atomic E-state index is 0.162. The third kappa shape index (κ3) is 7.81. The maximum absolute atomic E-state index is 12.6. The Morgan fingerprint density at radius 3 is 2.11 bits per heavy atom. The van der Waals surface area contributed by atoms with Crippen LogP contribution in [0.1, 0.15) is 42.9 Å². The van der Waals surface area contributed by atoms with Crippen molar-refractivity contribution < 1.29 is 9.84 Å². The van der Waals surface area contributed by atoms with Crippen molar-refractivity contribution in [3.05, 3.63) is 113 Å². The van der Waals surface area contributed by atoms with Crippen LogP contribution >= 0.6 is 11.8 Å². The van der Waals surface area contributed by atoms with Crippen molar-refractivity contribution >= 4 is 11.8 Å². The summed E-state index contributed by atoms with van der Waals surface area (Å²) in [4.78, 5) is 3.41. The van der Waals surface area contributed by atoms with Gasteiger partial charge in [-0.2, -0.15) is 0 Å². The first-order valence-corrected chi connectivity index (χ1v) is 13.3. The van der Waals surface area contributed by atoms with E-state index in [1.807, 2.05) is 60.3 Å². The Kier molecular flexibility index (Phi) is 10.6. The van der Waals surface area contributed by atoms with Gasteiger partial charge in [0.25, 0.3) is 0 Å². The fourth-order valence-corrected chi connectivity index (χ4v) is 5.25. The molecule has 0 fully saturated rings. The minimum Gasteiger partial charge on any atom is -0.380 e. The molecule has 35 heavy (non-hydrogen) atoms. The number of rotatable bonds is 13. The molecule has 3 aromatic carbocycles. The Morgan fingerprint density at radius 1 is 0.914 bits per heavy atom. The zero-order valence-corrected chi connectivity index (χ0v) is 22.3. The Labute approximate surface area is 215 Å². The van der Waals surface area contributed by atoms with Gasteiger partial charge in [-0.1, -0.05) is 84.4 Å². The summed E-state index contributed by atoms with van der Waals surface area (Å²) in [5.74, 6) is 0.871. The van der Waals surface area contributed by atoms with Crippen molar-refractivity contribution in [1.82, 2.24) is 4.90 Å². The van der Waals surface area contributed by atoms with Crippen LogP contribution in [0, 0.1) is 0 Å². The van der Waals surface area contributed by atoms with Crippen LogP contribution in [0.4, 0.5) is 0 Å².